The SMILES string of the molecule is CCCC(C(=O)O)c1cc2n[nH]c(=O)n2cn1. The summed E-state index contributed by atoms with van der Waals surface area (Å²) in [7, 11) is 0. The lowest BCUT2D eigenvalue weighted by atomic mass is 10.00. The van der Waals surface area contributed by atoms with Gasteiger partial charge in [-0.15, -0.1) is 0 Å². The van der Waals surface area contributed by atoms with Crippen molar-refractivity contribution >= 4 is 11.6 Å². The van der Waals surface area contributed by atoms with Gasteiger partial charge in [0.25, 0.3) is 0 Å². The summed E-state index contributed by atoms with van der Waals surface area (Å²) in [4.78, 5) is 26.3. The third-order valence-electron chi connectivity index (χ3n) is 2.56. The van der Waals surface area contributed by atoms with E-state index in [1.807, 2.05) is 6.92 Å². The number of fused-ring (bicyclic) bond motifs is 1. The normalized spacial score (nSPS) is 12.8. The van der Waals surface area contributed by atoms with Crippen molar-refractivity contribution in [3.63, 3.8) is 0 Å². The number of carboxylic acid groups (broad SMARTS) is 1. The molecule has 0 aliphatic heterocycles. The molecular weight excluding hydrogens is 224 g/mol. The number of aliphatic carboxylic acids is 1. The average molecular weight is 236 g/mol. The smallest absolute Gasteiger partial charge is 0.348 e. The molecule has 0 spiro atoms. The molecule has 0 bridgehead atoms. The van der Waals surface area contributed by atoms with Crippen LogP contribution in [0.3, 0.4) is 0 Å². The van der Waals surface area contributed by atoms with E-state index in [2.05, 4.69) is 15.2 Å². The molecule has 0 saturated heterocycles. The van der Waals surface area contributed by atoms with Crippen LogP contribution in [0, 0.1) is 0 Å². The molecule has 7 heteroatoms. The van der Waals surface area contributed by atoms with Crippen LogP contribution < -0.4 is 5.69 Å². The Kier molecular flexibility index (Phi) is 2.90. The minimum atomic E-state index is -0.915. The Hall–Kier alpha value is -2.18. The predicted molar refractivity (Wildman–Crippen MR) is 58.9 cm³/mol. The van der Waals surface area contributed by atoms with Crippen LogP contribution in [-0.2, 0) is 4.79 Å². The number of H-pyrrole nitrogens is 1. The maximum Gasteiger partial charge on any atom is 0.348 e. The first kappa shape index (κ1) is 11.3. The van der Waals surface area contributed by atoms with Gasteiger partial charge in [-0.3, -0.25) is 4.79 Å². The Morgan fingerprint density at radius 1 is 1.65 bits per heavy atom. The van der Waals surface area contributed by atoms with E-state index in [1.54, 1.807) is 0 Å². The molecule has 0 amide bonds. The van der Waals surface area contributed by atoms with E-state index in [-0.39, 0.29) is 5.69 Å². The highest BCUT2D eigenvalue weighted by molar-refractivity contribution is 5.75. The first-order chi connectivity index (χ1) is 8.13. The van der Waals surface area contributed by atoms with E-state index < -0.39 is 11.9 Å². The fourth-order valence-corrected chi connectivity index (χ4v) is 1.70. The maximum absolute atomic E-state index is 11.2. The van der Waals surface area contributed by atoms with Crippen molar-refractivity contribution in [1.82, 2.24) is 19.6 Å². The molecule has 0 radical (unpaired) electrons. The second kappa shape index (κ2) is 4.36. The van der Waals surface area contributed by atoms with Crippen LogP contribution >= 0.6 is 0 Å². The van der Waals surface area contributed by atoms with Crippen molar-refractivity contribution in [1.29, 1.82) is 0 Å². The lowest BCUT2D eigenvalue weighted by Crippen LogP contribution is -2.15. The Bertz CT molecular complexity index is 601. The van der Waals surface area contributed by atoms with Crippen LogP contribution in [0.2, 0.25) is 0 Å². The topological polar surface area (TPSA) is 100 Å². The lowest BCUT2D eigenvalue weighted by molar-refractivity contribution is -0.139. The molecule has 90 valence electrons. The van der Waals surface area contributed by atoms with Gasteiger partial charge in [0.1, 0.15) is 6.33 Å². The molecule has 0 fully saturated rings. The van der Waals surface area contributed by atoms with Gasteiger partial charge in [-0.25, -0.2) is 19.3 Å². The molecular formula is C10H12N4O3. The molecule has 2 aromatic heterocycles. The molecule has 0 saturated carbocycles. The van der Waals surface area contributed by atoms with Gasteiger partial charge in [0.05, 0.1) is 11.6 Å². The molecule has 0 aliphatic carbocycles. The zero-order valence-corrected chi connectivity index (χ0v) is 9.25. The van der Waals surface area contributed by atoms with Crippen LogP contribution in [0.25, 0.3) is 5.65 Å². The van der Waals surface area contributed by atoms with Crippen molar-refractivity contribution in [3.8, 4) is 0 Å². The van der Waals surface area contributed by atoms with Crippen LogP contribution in [0.1, 0.15) is 31.4 Å². The van der Waals surface area contributed by atoms with Crippen molar-refractivity contribution in [3.05, 3.63) is 28.6 Å². The lowest BCUT2D eigenvalue weighted by Gasteiger charge is -2.09. The van der Waals surface area contributed by atoms with E-state index in [0.717, 1.165) is 6.42 Å². The number of carboxylic acids is 1. The number of hydrogen-bond acceptors (Lipinski definition) is 4. The van der Waals surface area contributed by atoms with Gasteiger partial charge in [0, 0.05) is 6.07 Å². The van der Waals surface area contributed by atoms with Crippen LogP contribution in [-0.4, -0.2) is 30.7 Å². The Balaban J connectivity index is 2.47. The summed E-state index contributed by atoms with van der Waals surface area (Å²) in [6, 6.07) is 1.52. The minimum absolute atomic E-state index is 0.377. The van der Waals surface area contributed by atoms with E-state index in [0.29, 0.717) is 17.8 Å². The molecule has 7 nitrogen and oxygen atoms in total. The Labute approximate surface area is 96.1 Å². The molecule has 17 heavy (non-hydrogen) atoms. The van der Waals surface area contributed by atoms with Gasteiger partial charge >= 0.3 is 11.7 Å². The Morgan fingerprint density at radius 3 is 3.06 bits per heavy atom. The highest BCUT2D eigenvalue weighted by Crippen LogP contribution is 2.19. The highest BCUT2D eigenvalue weighted by atomic mass is 16.4. The molecule has 2 aromatic rings. The number of hydrogen-bond donors (Lipinski definition) is 2. The average Bonchev–Trinajstić information content (AvgIpc) is 2.67. The second-order valence-electron chi connectivity index (χ2n) is 3.75. The van der Waals surface area contributed by atoms with Crippen molar-refractivity contribution < 1.29 is 9.90 Å². The molecule has 2 heterocycles. The zero-order chi connectivity index (χ0) is 12.4. The second-order valence-corrected chi connectivity index (χ2v) is 3.75. The number of aromatic amines is 1. The van der Waals surface area contributed by atoms with Gasteiger partial charge in [0.15, 0.2) is 5.65 Å². The summed E-state index contributed by atoms with van der Waals surface area (Å²) >= 11 is 0. The van der Waals surface area contributed by atoms with E-state index in [1.165, 1.54) is 16.8 Å². The van der Waals surface area contributed by atoms with Crippen LogP contribution in [0.4, 0.5) is 0 Å². The van der Waals surface area contributed by atoms with E-state index in [9.17, 15) is 9.59 Å². The zero-order valence-electron chi connectivity index (χ0n) is 9.25. The molecule has 1 unspecified atom stereocenters. The van der Waals surface area contributed by atoms with Gasteiger partial charge in [-0.1, -0.05) is 13.3 Å². The number of nitrogens with one attached hydrogen (secondary N) is 1. The summed E-state index contributed by atoms with van der Waals surface area (Å²) in [6.07, 6.45) is 2.55. The van der Waals surface area contributed by atoms with Crippen molar-refractivity contribution in [2.45, 2.75) is 25.7 Å². The monoisotopic (exact) mass is 236 g/mol. The standard InChI is InChI=1S/C10H12N4O3/c1-2-3-6(9(15)16)7-4-8-12-13-10(17)14(8)5-11-7/h4-6H,2-3H2,1H3,(H,13,17)(H,15,16). The maximum atomic E-state index is 11.2. The van der Waals surface area contributed by atoms with Crippen LogP contribution in [0.5, 0.6) is 0 Å². The van der Waals surface area contributed by atoms with Crippen LogP contribution in [0.15, 0.2) is 17.2 Å². The number of aromatic nitrogens is 4. The van der Waals surface area contributed by atoms with Gasteiger partial charge < -0.3 is 5.11 Å². The van der Waals surface area contributed by atoms with E-state index >= 15 is 0 Å². The fraction of sp³-hybridized carbons (Fsp3) is 0.400. The number of carbonyl (C=O) groups is 1. The molecule has 1 atom stereocenters. The predicted octanol–water partition coefficient (Wildman–Crippen LogP) is 0.386. The van der Waals surface area contributed by atoms with Gasteiger partial charge in [-0.2, -0.15) is 5.10 Å². The first-order valence-corrected chi connectivity index (χ1v) is 5.29. The Morgan fingerprint density at radius 2 is 2.41 bits per heavy atom. The third-order valence-corrected chi connectivity index (χ3v) is 2.56. The summed E-state index contributed by atoms with van der Waals surface area (Å²) in [5.41, 5.74) is 0.412. The minimum Gasteiger partial charge on any atom is -0.481 e. The quantitative estimate of drug-likeness (QED) is 0.799. The molecule has 0 aliphatic rings. The summed E-state index contributed by atoms with van der Waals surface area (Å²) in [6.45, 7) is 1.91. The summed E-state index contributed by atoms with van der Waals surface area (Å²) < 4.78 is 1.23. The van der Waals surface area contributed by atoms with Gasteiger partial charge in [-0.05, 0) is 6.42 Å². The number of rotatable bonds is 4. The van der Waals surface area contributed by atoms with Crippen molar-refractivity contribution in [2.24, 2.45) is 0 Å². The highest BCUT2D eigenvalue weighted by Gasteiger charge is 2.21. The molecule has 0 aromatic carbocycles. The third kappa shape index (κ3) is 2.03. The summed E-state index contributed by atoms with van der Waals surface area (Å²) in [5.74, 6) is -1.57. The first-order valence-electron chi connectivity index (χ1n) is 5.29. The number of nitrogens with zero attached hydrogens (tertiary/aromatic N) is 3. The van der Waals surface area contributed by atoms with E-state index in [4.69, 9.17) is 5.11 Å². The fourth-order valence-electron chi connectivity index (χ4n) is 1.70. The molecule has 2 rings (SSSR count). The largest absolute Gasteiger partial charge is 0.481 e. The van der Waals surface area contributed by atoms with Crippen molar-refractivity contribution in [2.75, 3.05) is 0 Å². The van der Waals surface area contributed by atoms with Gasteiger partial charge in [0.2, 0.25) is 0 Å². The molecule has 2 N–H and O–H groups in total. The summed E-state index contributed by atoms with van der Waals surface area (Å²) in [5, 5.41) is 15.1.